The molecule has 2 fully saturated rings. The fourth-order valence-electron chi connectivity index (χ4n) is 6.90. The Balaban J connectivity index is 1.62. The van der Waals surface area contributed by atoms with Crippen LogP contribution in [0.1, 0.15) is 51.0 Å². The van der Waals surface area contributed by atoms with E-state index in [2.05, 4.69) is 78.3 Å². The fourth-order valence-corrected chi connectivity index (χ4v) is 7.47. The Bertz CT molecular complexity index is 1230. The summed E-state index contributed by atoms with van der Waals surface area (Å²) in [6, 6.07) is 17.6. The van der Waals surface area contributed by atoms with E-state index in [-0.39, 0.29) is 0 Å². The molecule has 2 bridgehead atoms. The lowest BCUT2D eigenvalue weighted by Gasteiger charge is -2.46. The highest BCUT2D eigenvalue weighted by Gasteiger charge is 2.41. The molecule has 5 atom stereocenters. The van der Waals surface area contributed by atoms with Crippen molar-refractivity contribution < 1.29 is 4.42 Å². The van der Waals surface area contributed by atoms with Gasteiger partial charge in [-0.25, -0.2) is 0 Å². The van der Waals surface area contributed by atoms with Gasteiger partial charge < -0.3 is 4.42 Å². The number of furan rings is 1. The highest BCUT2D eigenvalue weighted by atomic mass is 79.9. The van der Waals surface area contributed by atoms with E-state index in [4.69, 9.17) is 4.42 Å². The predicted molar refractivity (Wildman–Crippen MR) is 125 cm³/mol. The largest absolute Gasteiger partial charge is 0.455 e. The topological polar surface area (TPSA) is 13.1 Å². The highest BCUT2D eigenvalue weighted by molar-refractivity contribution is 9.10. The molecule has 2 aliphatic rings. The number of rotatable bonds is 1. The van der Waals surface area contributed by atoms with Gasteiger partial charge in [-0.2, -0.15) is 0 Å². The van der Waals surface area contributed by atoms with Crippen LogP contribution < -0.4 is 0 Å². The van der Waals surface area contributed by atoms with Gasteiger partial charge >= 0.3 is 0 Å². The van der Waals surface area contributed by atoms with Gasteiger partial charge in [-0.3, -0.25) is 0 Å². The minimum Gasteiger partial charge on any atom is -0.455 e. The molecule has 0 amide bonds. The predicted octanol–water partition coefficient (Wildman–Crippen LogP) is 8.68. The summed E-state index contributed by atoms with van der Waals surface area (Å²) in [4.78, 5) is 0. The summed E-state index contributed by atoms with van der Waals surface area (Å²) in [5.74, 6) is 4.00. The van der Waals surface area contributed by atoms with Crippen LogP contribution in [0.5, 0.6) is 0 Å². The average Bonchev–Trinajstić information content (AvgIpc) is 3.07. The summed E-state index contributed by atoms with van der Waals surface area (Å²) in [7, 11) is 0. The Morgan fingerprint density at radius 1 is 0.862 bits per heavy atom. The van der Waals surface area contributed by atoms with Gasteiger partial charge in [-0.15, -0.1) is 0 Å². The van der Waals surface area contributed by atoms with Crippen LogP contribution in [0.25, 0.3) is 32.7 Å². The minimum atomic E-state index is 0.642. The zero-order chi connectivity index (χ0) is 19.7. The van der Waals surface area contributed by atoms with E-state index in [1.165, 1.54) is 52.8 Å². The van der Waals surface area contributed by atoms with Gasteiger partial charge in [0.05, 0.1) is 0 Å². The lowest BCUT2D eigenvalue weighted by molar-refractivity contribution is 0.0860. The first kappa shape index (κ1) is 18.0. The van der Waals surface area contributed by atoms with Gasteiger partial charge in [0.2, 0.25) is 0 Å². The highest BCUT2D eigenvalue weighted by Crippen LogP contribution is 2.54. The summed E-state index contributed by atoms with van der Waals surface area (Å²) in [5.41, 5.74) is 3.59. The maximum atomic E-state index is 6.49. The molecule has 0 aliphatic heterocycles. The zero-order valence-corrected chi connectivity index (χ0v) is 18.7. The normalized spacial score (nSPS) is 29.7. The lowest BCUT2D eigenvalue weighted by atomic mass is 9.58. The maximum Gasteiger partial charge on any atom is 0.143 e. The average molecular weight is 447 g/mol. The monoisotopic (exact) mass is 446 g/mol. The molecule has 148 valence electrons. The molecule has 29 heavy (non-hydrogen) atoms. The van der Waals surface area contributed by atoms with Crippen molar-refractivity contribution in [1.29, 1.82) is 0 Å². The Kier molecular flexibility index (Phi) is 4.10. The molecule has 0 N–H and O–H groups in total. The van der Waals surface area contributed by atoms with Crippen molar-refractivity contribution >= 4 is 48.6 Å². The zero-order valence-electron chi connectivity index (χ0n) is 17.1. The molecule has 1 nitrogen and oxygen atoms in total. The number of benzene rings is 3. The molecule has 0 saturated heterocycles. The van der Waals surface area contributed by atoms with Crippen LogP contribution in [0, 0.1) is 23.7 Å². The fraction of sp³-hybridized carbons (Fsp3) is 0.407. The van der Waals surface area contributed by atoms with Gasteiger partial charge in [-0.05, 0) is 78.4 Å². The molecule has 1 heterocycles. The third-order valence-electron chi connectivity index (χ3n) is 7.75. The van der Waals surface area contributed by atoms with Crippen LogP contribution in [0.4, 0.5) is 0 Å². The second-order valence-electron chi connectivity index (χ2n) is 9.78. The van der Waals surface area contributed by atoms with Gasteiger partial charge in [0.1, 0.15) is 11.2 Å². The Morgan fingerprint density at radius 3 is 2.55 bits per heavy atom. The van der Waals surface area contributed by atoms with Gasteiger partial charge in [0.15, 0.2) is 0 Å². The second-order valence-corrected chi connectivity index (χ2v) is 10.6. The molecule has 0 spiro atoms. The lowest BCUT2D eigenvalue weighted by Crippen LogP contribution is -2.35. The first-order valence-corrected chi connectivity index (χ1v) is 11.9. The smallest absolute Gasteiger partial charge is 0.143 e. The molecule has 0 radical (unpaired) electrons. The van der Waals surface area contributed by atoms with Crippen LogP contribution in [-0.2, 0) is 0 Å². The molecule has 4 aromatic rings. The van der Waals surface area contributed by atoms with E-state index >= 15 is 0 Å². The summed E-state index contributed by atoms with van der Waals surface area (Å²) in [6.45, 7) is 4.95. The van der Waals surface area contributed by atoms with Crippen molar-refractivity contribution in [1.82, 2.24) is 0 Å². The van der Waals surface area contributed by atoms with Crippen molar-refractivity contribution in [2.24, 2.45) is 23.7 Å². The SMILES string of the molecule is CC1CC2CC(C)C(c3cccc4oc5c6ccccc6c(Br)cc5c34)C(C1)C2. The van der Waals surface area contributed by atoms with E-state index in [1.807, 2.05) is 0 Å². The summed E-state index contributed by atoms with van der Waals surface area (Å²) in [6.07, 6.45) is 5.61. The molecular formula is C27H27BrO. The van der Waals surface area contributed by atoms with Gasteiger partial charge in [0.25, 0.3) is 0 Å². The van der Waals surface area contributed by atoms with Crippen LogP contribution in [0.2, 0.25) is 0 Å². The number of fused-ring (bicyclic) bond motifs is 7. The third kappa shape index (κ3) is 2.71. The van der Waals surface area contributed by atoms with Gasteiger partial charge in [0, 0.05) is 20.6 Å². The number of hydrogen-bond donors (Lipinski definition) is 0. The van der Waals surface area contributed by atoms with E-state index in [0.29, 0.717) is 5.92 Å². The first-order valence-electron chi connectivity index (χ1n) is 11.1. The van der Waals surface area contributed by atoms with Crippen molar-refractivity contribution in [2.45, 2.75) is 45.4 Å². The summed E-state index contributed by atoms with van der Waals surface area (Å²) >= 11 is 3.83. The summed E-state index contributed by atoms with van der Waals surface area (Å²) in [5, 5.41) is 5.03. The minimum absolute atomic E-state index is 0.642. The van der Waals surface area contributed by atoms with Crippen LogP contribution in [-0.4, -0.2) is 0 Å². The standard InChI is InChI=1S/C27H27BrO/c1-15-10-17-12-16(2)25(18(11-15)13-17)21-8-5-9-24-26(21)22-14-23(28)19-6-3-4-7-20(19)27(22)29-24/h3-9,14-18,25H,10-13H2,1-2H3. The molecule has 2 heteroatoms. The second kappa shape index (κ2) is 6.60. The molecule has 6 rings (SSSR count). The van der Waals surface area contributed by atoms with Crippen molar-refractivity contribution in [3.05, 3.63) is 58.6 Å². The van der Waals surface area contributed by atoms with E-state index in [1.54, 1.807) is 0 Å². The molecular weight excluding hydrogens is 420 g/mol. The first-order chi connectivity index (χ1) is 14.1. The Hall–Kier alpha value is -1.80. The van der Waals surface area contributed by atoms with E-state index in [0.717, 1.165) is 39.3 Å². The molecule has 1 aromatic heterocycles. The third-order valence-corrected chi connectivity index (χ3v) is 8.40. The molecule has 2 saturated carbocycles. The Morgan fingerprint density at radius 2 is 1.69 bits per heavy atom. The van der Waals surface area contributed by atoms with Crippen molar-refractivity contribution in [3.63, 3.8) is 0 Å². The number of hydrogen-bond acceptors (Lipinski definition) is 1. The van der Waals surface area contributed by atoms with Crippen LogP contribution in [0.3, 0.4) is 0 Å². The Labute approximate surface area is 180 Å². The van der Waals surface area contributed by atoms with Gasteiger partial charge in [-0.1, -0.05) is 66.2 Å². The van der Waals surface area contributed by atoms with E-state index < -0.39 is 0 Å². The van der Waals surface area contributed by atoms with Crippen LogP contribution in [0.15, 0.2) is 57.4 Å². The van der Waals surface area contributed by atoms with Crippen molar-refractivity contribution in [3.8, 4) is 0 Å². The summed E-state index contributed by atoms with van der Waals surface area (Å²) < 4.78 is 7.65. The number of halogens is 1. The molecule has 2 aliphatic carbocycles. The van der Waals surface area contributed by atoms with E-state index in [9.17, 15) is 0 Å². The quantitative estimate of drug-likeness (QED) is 0.284. The van der Waals surface area contributed by atoms with Crippen LogP contribution >= 0.6 is 15.9 Å². The molecule has 5 unspecified atom stereocenters. The maximum absolute atomic E-state index is 6.49. The van der Waals surface area contributed by atoms with Crippen molar-refractivity contribution in [2.75, 3.05) is 0 Å². The molecule has 3 aromatic carbocycles.